The second-order valence-electron chi connectivity index (χ2n) is 6.68. The molecule has 3 N–H and O–H groups in total. The van der Waals surface area contributed by atoms with Crippen molar-refractivity contribution < 1.29 is 41.0 Å². The smallest absolute Gasteiger partial charge is 0.456 e. The third-order valence-electron chi connectivity index (χ3n) is 4.24. The normalized spacial score (nSPS) is 11.1. The molecule has 0 saturated heterocycles. The summed E-state index contributed by atoms with van der Waals surface area (Å²) >= 11 is 5.78. The van der Waals surface area contributed by atoms with Crippen LogP contribution in [0.5, 0.6) is 17.2 Å². The monoisotopic (exact) mass is 501 g/mol. The number of amides is 2. The largest absolute Gasteiger partial charge is 0.573 e. The van der Waals surface area contributed by atoms with Crippen LogP contribution in [0.2, 0.25) is 5.02 Å². The molecule has 2 aromatic carbocycles. The predicted octanol–water partition coefficient (Wildman–Crippen LogP) is 5.36. The number of carbonyl (C=O) groups is 2. The van der Waals surface area contributed by atoms with Crippen LogP contribution in [0.3, 0.4) is 0 Å². The summed E-state index contributed by atoms with van der Waals surface area (Å²) in [7, 11) is 0. The third-order valence-corrected chi connectivity index (χ3v) is 4.54. The van der Waals surface area contributed by atoms with Gasteiger partial charge in [0.05, 0.1) is 5.02 Å². The maximum atomic E-state index is 14.8. The van der Waals surface area contributed by atoms with Gasteiger partial charge in [-0.1, -0.05) is 11.6 Å². The van der Waals surface area contributed by atoms with E-state index in [0.717, 1.165) is 18.2 Å². The van der Waals surface area contributed by atoms with Crippen LogP contribution in [0.4, 0.5) is 27.6 Å². The maximum Gasteiger partial charge on any atom is 0.573 e. The van der Waals surface area contributed by atoms with E-state index in [2.05, 4.69) is 15.0 Å². The predicted molar refractivity (Wildman–Crippen MR) is 110 cm³/mol. The summed E-state index contributed by atoms with van der Waals surface area (Å²) in [5.41, 5.74) is 4.80. The summed E-state index contributed by atoms with van der Waals surface area (Å²) in [4.78, 5) is 28.0. The first-order valence-corrected chi connectivity index (χ1v) is 9.52. The number of rotatable bonds is 6. The zero-order valence-corrected chi connectivity index (χ0v) is 17.7. The highest BCUT2D eigenvalue weighted by atomic mass is 35.5. The number of hydrogen-bond donors (Lipinski definition) is 2. The molecule has 0 aliphatic rings. The summed E-state index contributed by atoms with van der Waals surface area (Å²) in [5, 5.41) is 1.94. The number of nitrogens with one attached hydrogen (secondary N) is 1. The van der Waals surface area contributed by atoms with E-state index in [1.807, 2.05) is 0 Å². The van der Waals surface area contributed by atoms with Crippen molar-refractivity contribution in [1.82, 2.24) is 4.98 Å². The van der Waals surface area contributed by atoms with Gasteiger partial charge in [0.1, 0.15) is 22.8 Å². The van der Waals surface area contributed by atoms with Crippen LogP contribution in [-0.4, -0.2) is 23.2 Å². The van der Waals surface area contributed by atoms with E-state index in [-0.39, 0.29) is 17.1 Å². The minimum Gasteiger partial charge on any atom is -0.456 e. The molecule has 13 heteroatoms. The summed E-state index contributed by atoms with van der Waals surface area (Å²) < 4.78 is 74.6. The van der Waals surface area contributed by atoms with Crippen LogP contribution < -0.4 is 20.5 Å². The van der Waals surface area contributed by atoms with Gasteiger partial charge in [0.25, 0.3) is 11.8 Å². The lowest BCUT2D eigenvalue weighted by Crippen LogP contribution is -2.18. The molecule has 0 atom stereocenters. The Hall–Kier alpha value is -3.93. The Labute approximate surface area is 193 Å². The van der Waals surface area contributed by atoms with E-state index < -0.39 is 51.9 Å². The highest BCUT2D eigenvalue weighted by Crippen LogP contribution is 2.34. The highest BCUT2D eigenvalue weighted by Gasteiger charge is 2.32. The number of pyridine rings is 1. The average molecular weight is 502 g/mol. The fourth-order valence-electron chi connectivity index (χ4n) is 2.69. The molecule has 0 fully saturated rings. The fourth-order valence-corrected chi connectivity index (χ4v) is 2.84. The van der Waals surface area contributed by atoms with E-state index in [4.69, 9.17) is 22.1 Å². The van der Waals surface area contributed by atoms with Crippen molar-refractivity contribution in [3.8, 4) is 17.2 Å². The number of carbonyl (C=O) groups excluding carboxylic acids is 2. The molecule has 34 heavy (non-hydrogen) atoms. The number of alkyl halides is 3. The minimum absolute atomic E-state index is 0.0822. The zero-order chi connectivity index (χ0) is 25.2. The lowest BCUT2D eigenvalue weighted by molar-refractivity contribution is -0.275. The first-order valence-electron chi connectivity index (χ1n) is 9.14. The quantitative estimate of drug-likeness (QED) is 0.442. The van der Waals surface area contributed by atoms with Gasteiger partial charge in [-0.3, -0.25) is 14.6 Å². The van der Waals surface area contributed by atoms with E-state index in [9.17, 15) is 31.5 Å². The molecule has 7 nitrogen and oxygen atoms in total. The second-order valence-corrected chi connectivity index (χ2v) is 7.09. The first-order chi connectivity index (χ1) is 15.9. The van der Waals surface area contributed by atoms with Crippen molar-refractivity contribution in [2.24, 2.45) is 5.73 Å². The number of aryl methyl sites for hydroxylation is 1. The van der Waals surface area contributed by atoms with Gasteiger partial charge in [-0.15, -0.1) is 13.2 Å². The van der Waals surface area contributed by atoms with E-state index in [0.29, 0.717) is 17.7 Å². The minimum atomic E-state index is -5.12. The van der Waals surface area contributed by atoms with Crippen molar-refractivity contribution in [1.29, 1.82) is 0 Å². The summed E-state index contributed by atoms with van der Waals surface area (Å²) in [6, 6.07) is 5.46. The number of aromatic nitrogens is 1. The molecule has 0 unspecified atom stereocenters. The van der Waals surface area contributed by atoms with Crippen molar-refractivity contribution in [3.63, 3.8) is 0 Å². The Bertz CT molecular complexity index is 1280. The molecule has 2 amide bonds. The lowest BCUT2D eigenvalue weighted by Gasteiger charge is -2.15. The molecule has 0 radical (unpaired) electrons. The molecular formula is C21H13ClF5N3O4. The summed E-state index contributed by atoms with van der Waals surface area (Å²) in [5.74, 6) is -6.43. The topological polar surface area (TPSA) is 104 Å². The molecular weight excluding hydrogens is 489 g/mol. The van der Waals surface area contributed by atoms with Gasteiger partial charge < -0.3 is 20.5 Å². The Morgan fingerprint density at radius 1 is 1.09 bits per heavy atom. The maximum absolute atomic E-state index is 14.8. The van der Waals surface area contributed by atoms with Gasteiger partial charge in [0.2, 0.25) is 0 Å². The molecule has 0 saturated carbocycles. The second kappa shape index (κ2) is 9.51. The molecule has 0 aliphatic heterocycles. The van der Waals surface area contributed by atoms with E-state index in [1.165, 1.54) is 12.3 Å². The number of primary amides is 1. The van der Waals surface area contributed by atoms with Crippen LogP contribution in [0.15, 0.2) is 42.6 Å². The Balaban J connectivity index is 1.94. The number of halogens is 6. The number of nitrogens with zero attached hydrogens (tertiary/aromatic N) is 1. The van der Waals surface area contributed by atoms with Crippen molar-refractivity contribution in [3.05, 3.63) is 76.1 Å². The highest BCUT2D eigenvalue weighted by molar-refractivity contribution is 6.31. The van der Waals surface area contributed by atoms with Crippen LogP contribution in [0.1, 0.15) is 26.4 Å². The van der Waals surface area contributed by atoms with Gasteiger partial charge in [-0.05, 0) is 42.8 Å². The Kier molecular flexibility index (Phi) is 6.91. The Morgan fingerprint density at radius 3 is 2.38 bits per heavy atom. The third kappa shape index (κ3) is 5.70. The summed E-state index contributed by atoms with van der Waals surface area (Å²) in [6.07, 6.45) is -3.86. The summed E-state index contributed by atoms with van der Waals surface area (Å²) in [6.45, 7) is 1.55. The van der Waals surface area contributed by atoms with Crippen molar-refractivity contribution in [2.75, 3.05) is 5.32 Å². The van der Waals surface area contributed by atoms with Gasteiger partial charge in [0.15, 0.2) is 17.4 Å². The molecule has 0 aliphatic carbocycles. The lowest BCUT2D eigenvalue weighted by atomic mass is 10.1. The van der Waals surface area contributed by atoms with Gasteiger partial charge >= 0.3 is 6.36 Å². The average Bonchev–Trinajstić information content (AvgIpc) is 2.73. The fraction of sp³-hybridized carbons (Fsp3) is 0.0952. The van der Waals surface area contributed by atoms with Crippen LogP contribution in [-0.2, 0) is 0 Å². The SMILES string of the molecule is Cc1cnc(C(N)=O)cc1NC(=O)c1c(Oc2ccc(OC(F)(F)F)c(F)c2)ccc(Cl)c1F. The van der Waals surface area contributed by atoms with Crippen molar-refractivity contribution in [2.45, 2.75) is 13.3 Å². The number of hydrogen-bond acceptors (Lipinski definition) is 5. The van der Waals surface area contributed by atoms with Crippen LogP contribution in [0, 0.1) is 18.6 Å². The molecule has 1 aromatic heterocycles. The van der Waals surface area contributed by atoms with Crippen LogP contribution in [0.25, 0.3) is 0 Å². The van der Waals surface area contributed by atoms with Crippen molar-refractivity contribution >= 4 is 29.1 Å². The molecule has 1 heterocycles. The first kappa shape index (κ1) is 24.7. The molecule has 0 bridgehead atoms. The number of ether oxygens (including phenoxy) is 2. The van der Waals surface area contributed by atoms with Gasteiger partial charge in [-0.25, -0.2) is 8.78 Å². The number of benzene rings is 2. The van der Waals surface area contributed by atoms with E-state index >= 15 is 0 Å². The Morgan fingerprint density at radius 2 is 1.76 bits per heavy atom. The molecule has 0 spiro atoms. The molecule has 178 valence electrons. The van der Waals surface area contributed by atoms with Gasteiger partial charge in [0, 0.05) is 18.0 Å². The van der Waals surface area contributed by atoms with Gasteiger partial charge in [-0.2, -0.15) is 0 Å². The molecule has 3 rings (SSSR count). The molecule has 3 aromatic rings. The number of anilines is 1. The standard InChI is InChI=1S/C21H13ClF5N3O4/c1-9-8-29-14(19(28)31)7-13(9)30-20(32)17-16(5-3-11(22)18(17)24)33-10-2-4-15(12(23)6-10)34-21(25,26)27/h2-8H,1H3,(H2,28,31)(H,29,30,32). The van der Waals surface area contributed by atoms with Crippen LogP contribution >= 0.6 is 11.6 Å². The van der Waals surface area contributed by atoms with E-state index in [1.54, 1.807) is 6.92 Å². The number of nitrogens with two attached hydrogens (primary N) is 1. The zero-order valence-electron chi connectivity index (χ0n) is 17.0.